The van der Waals surface area contributed by atoms with Gasteiger partial charge in [-0.2, -0.15) is 0 Å². The summed E-state index contributed by atoms with van der Waals surface area (Å²) in [5.74, 6) is -0.814. The molecule has 0 fully saturated rings. The lowest BCUT2D eigenvalue weighted by Gasteiger charge is -2.15. The summed E-state index contributed by atoms with van der Waals surface area (Å²) in [5, 5.41) is 10.7. The molecule has 2 aromatic rings. The van der Waals surface area contributed by atoms with Crippen LogP contribution in [0.15, 0.2) is 30.6 Å². The first kappa shape index (κ1) is 13.6. The van der Waals surface area contributed by atoms with Crippen molar-refractivity contribution in [3.05, 3.63) is 47.8 Å². The Morgan fingerprint density at radius 1 is 1.37 bits per heavy atom. The molecule has 0 aliphatic heterocycles. The average molecular weight is 266 g/mol. The molecule has 19 heavy (non-hydrogen) atoms. The summed E-state index contributed by atoms with van der Waals surface area (Å²) in [7, 11) is 0. The zero-order chi connectivity index (χ0) is 13.7. The van der Waals surface area contributed by atoms with Gasteiger partial charge in [-0.3, -0.25) is 4.68 Å². The van der Waals surface area contributed by atoms with E-state index in [-0.39, 0.29) is 6.04 Å². The highest BCUT2D eigenvalue weighted by Gasteiger charge is 2.11. The molecular weight excluding hydrogens is 250 g/mol. The average Bonchev–Trinajstić information content (AvgIpc) is 2.90. The molecule has 1 N–H and O–H groups in total. The van der Waals surface area contributed by atoms with Crippen LogP contribution >= 0.6 is 0 Å². The maximum absolute atomic E-state index is 13.5. The topological polar surface area (TPSA) is 42.7 Å². The molecule has 0 spiro atoms. The lowest BCUT2D eigenvalue weighted by Crippen LogP contribution is -2.22. The largest absolute Gasteiger partial charge is 0.310 e. The SMILES string of the molecule is CC(NCCCn1ccnn1)c1cc(F)ccc1F. The summed E-state index contributed by atoms with van der Waals surface area (Å²) in [6, 6.07) is 3.27. The smallest absolute Gasteiger partial charge is 0.128 e. The van der Waals surface area contributed by atoms with Crippen molar-refractivity contribution in [3.63, 3.8) is 0 Å². The molecule has 102 valence electrons. The molecule has 1 aromatic carbocycles. The standard InChI is InChI=1S/C13H16F2N4/c1-10(12-9-11(14)3-4-13(12)15)16-5-2-7-19-8-6-17-18-19/h3-4,6,8-10,16H,2,5,7H2,1H3. The zero-order valence-electron chi connectivity index (χ0n) is 10.7. The van der Waals surface area contributed by atoms with Crippen LogP contribution in [-0.2, 0) is 6.54 Å². The van der Waals surface area contributed by atoms with Gasteiger partial charge >= 0.3 is 0 Å². The van der Waals surface area contributed by atoms with Gasteiger partial charge in [0.05, 0.1) is 6.20 Å². The summed E-state index contributed by atoms with van der Waals surface area (Å²) in [6.45, 7) is 3.25. The lowest BCUT2D eigenvalue weighted by atomic mass is 10.1. The van der Waals surface area contributed by atoms with E-state index in [4.69, 9.17) is 0 Å². The molecule has 0 aliphatic carbocycles. The fourth-order valence-corrected chi connectivity index (χ4v) is 1.87. The molecule has 0 saturated carbocycles. The molecule has 2 rings (SSSR count). The Bertz CT molecular complexity index is 513. The highest BCUT2D eigenvalue weighted by atomic mass is 19.1. The Hall–Kier alpha value is -1.82. The molecular formula is C13H16F2N4. The number of halogens is 2. The number of hydrogen-bond acceptors (Lipinski definition) is 3. The van der Waals surface area contributed by atoms with Crippen molar-refractivity contribution < 1.29 is 8.78 Å². The van der Waals surface area contributed by atoms with Crippen molar-refractivity contribution in [1.82, 2.24) is 20.3 Å². The maximum Gasteiger partial charge on any atom is 0.128 e. The number of hydrogen-bond donors (Lipinski definition) is 1. The van der Waals surface area contributed by atoms with Gasteiger partial charge in [-0.05, 0) is 38.1 Å². The second-order valence-electron chi connectivity index (χ2n) is 4.36. The third-order valence-corrected chi connectivity index (χ3v) is 2.91. The normalized spacial score (nSPS) is 12.6. The van der Waals surface area contributed by atoms with Crippen LogP contribution in [0.4, 0.5) is 8.78 Å². The highest BCUT2D eigenvalue weighted by molar-refractivity contribution is 5.21. The lowest BCUT2D eigenvalue weighted by molar-refractivity contribution is 0.482. The van der Waals surface area contributed by atoms with Gasteiger partial charge in [0.25, 0.3) is 0 Å². The number of nitrogens with one attached hydrogen (secondary N) is 1. The number of nitrogens with zero attached hydrogens (tertiary/aromatic N) is 3. The minimum atomic E-state index is -0.423. The first-order valence-corrected chi connectivity index (χ1v) is 6.19. The van der Waals surface area contributed by atoms with Gasteiger partial charge in [0, 0.05) is 24.3 Å². The van der Waals surface area contributed by atoms with Crippen LogP contribution in [0.1, 0.15) is 24.9 Å². The monoisotopic (exact) mass is 266 g/mol. The van der Waals surface area contributed by atoms with E-state index in [9.17, 15) is 8.78 Å². The van der Waals surface area contributed by atoms with Crippen LogP contribution in [0.3, 0.4) is 0 Å². The van der Waals surface area contributed by atoms with Crippen LogP contribution in [-0.4, -0.2) is 21.5 Å². The summed E-state index contributed by atoms with van der Waals surface area (Å²) in [6.07, 6.45) is 4.25. The van der Waals surface area contributed by atoms with E-state index >= 15 is 0 Å². The van der Waals surface area contributed by atoms with Crippen LogP contribution in [0.2, 0.25) is 0 Å². The van der Waals surface area contributed by atoms with E-state index < -0.39 is 11.6 Å². The van der Waals surface area contributed by atoms with Gasteiger partial charge in [0.2, 0.25) is 0 Å². The van der Waals surface area contributed by atoms with Crippen molar-refractivity contribution in [2.75, 3.05) is 6.54 Å². The Morgan fingerprint density at radius 2 is 2.21 bits per heavy atom. The highest BCUT2D eigenvalue weighted by Crippen LogP contribution is 2.17. The van der Waals surface area contributed by atoms with E-state index in [1.54, 1.807) is 17.1 Å². The van der Waals surface area contributed by atoms with Gasteiger partial charge in [-0.15, -0.1) is 5.10 Å². The molecule has 0 amide bonds. The minimum absolute atomic E-state index is 0.230. The molecule has 0 saturated heterocycles. The van der Waals surface area contributed by atoms with Gasteiger partial charge in [0.15, 0.2) is 0 Å². The first-order chi connectivity index (χ1) is 9.16. The van der Waals surface area contributed by atoms with Crippen molar-refractivity contribution in [3.8, 4) is 0 Å². The van der Waals surface area contributed by atoms with Crippen LogP contribution < -0.4 is 5.32 Å². The summed E-state index contributed by atoms with van der Waals surface area (Å²) in [5.41, 5.74) is 0.348. The van der Waals surface area contributed by atoms with Crippen molar-refractivity contribution in [1.29, 1.82) is 0 Å². The van der Waals surface area contributed by atoms with Crippen molar-refractivity contribution in [2.45, 2.75) is 25.9 Å². The van der Waals surface area contributed by atoms with Crippen molar-refractivity contribution in [2.24, 2.45) is 0 Å². The molecule has 1 heterocycles. The Kier molecular flexibility index (Phi) is 4.57. The third kappa shape index (κ3) is 3.82. The molecule has 0 radical (unpaired) electrons. The maximum atomic E-state index is 13.5. The first-order valence-electron chi connectivity index (χ1n) is 6.19. The van der Waals surface area contributed by atoms with Crippen LogP contribution in [0.5, 0.6) is 0 Å². The second-order valence-corrected chi connectivity index (χ2v) is 4.36. The quantitative estimate of drug-likeness (QED) is 0.816. The fourth-order valence-electron chi connectivity index (χ4n) is 1.87. The van der Waals surface area contributed by atoms with E-state index in [0.717, 1.165) is 25.1 Å². The number of aromatic nitrogens is 3. The predicted octanol–water partition coefficient (Wildman–Crippen LogP) is 2.30. The van der Waals surface area contributed by atoms with E-state index in [0.29, 0.717) is 12.1 Å². The van der Waals surface area contributed by atoms with E-state index in [2.05, 4.69) is 15.6 Å². The van der Waals surface area contributed by atoms with Crippen LogP contribution in [0, 0.1) is 11.6 Å². The third-order valence-electron chi connectivity index (χ3n) is 2.91. The number of benzene rings is 1. The van der Waals surface area contributed by atoms with Gasteiger partial charge in [0.1, 0.15) is 11.6 Å². The molecule has 4 nitrogen and oxygen atoms in total. The Balaban J connectivity index is 1.80. The van der Waals surface area contributed by atoms with Crippen LogP contribution in [0.25, 0.3) is 0 Å². The summed E-state index contributed by atoms with van der Waals surface area (Å²) >= 11 is 0. The zero-order valence-corrected chi connectivity index (χ0v) is 10.7. The van der Waals surface area contributed by atoms with Crippen molar-refractivity contribution >= 4 is 0 Å². The van der Waals surface area contributed by atoms with E-state index in [1.165, 1.54) is 6.07 Å². The Morgan fingerprint density at radius 3 is 2.95 bits per heavy atom. The number of rotatable bonds is 6. The molecule has 6 heteroatoms. The Labute approximate surface area is 110 Å². The molecule has 1 aromatic heterocycles. The fraction of sp³-hybridized carbons (Fsp3) is 0.385. The minimum Gasteiger partial charge on any atom is -0.310 e. The second kappa shape index (κ2) is 6.38. The molecule has 0 aliphatic rings. The van der Waals surface area contributed by atoms with E-state index in [1.807, 2.05) is 6.92 Å². The van der Waals surface area contributed by atoms with Gasteiger partial charge in [-0.25, -0.2) is 8.78 Å². The van der Waals surface area contributed by atoms with Gasteiger partial charge in [-0.1, -0.05) is 5.21 Å². The number of aryl methyl sites for hydroxylation is 1. The molecule has 1 unspecified atom stereocenters. The summed E-state index contributed by atoms with van der Waals surface area (Å²) < 4.78 is 28.3. The predicted molar refractivity (Wildman–Crippen MR) is 67.4 cm³/mol. The van der Waals surface area contributed by atoms with Gasteiger partial charge < -0.3 is 5.32 Å². The summed E-state index contributed by atoms with van der Waals surface area (Å²) in [4.78, 5) is 0. The molecule has 1 atom stereocenters. The molecule has 0 bridgehead atoms.